The number of rotatable bonds is 7. The zero-order valence-corrected chi connectivity index (χ0v) is 18.3. The molecule has 0 radical (unpaired) electrons. The van der Waals surface area contributed by atoms with Gasteiger partial charge in [-0.25, -0.2) is 4.98 Å². The third kappa shape index (κ3) is 5.13. The molecule has 31 heavy (non-hydrogen) atoms. The van der Waals surface area contributed by atoms with Gasteiger partial charge in [0.05, 0.1) is 12.1 Å². The average Bonchev–Trinajstić information content (AvgIpc) is 3.30. The number of hydrogen-bond donors (Lipinski definition) is 4. The lowest BCUT2D eigenvalue weighted by Crippen LogP contribution is -2.42. The Labute approximate surface area is 183 Å². The maximum atomic E-state index is 12.8. The first-order valence-electron chi connectivity index (χ1n) is 10.3. The van der Waals surface area contributed by atoms with Crippen LogP contribution in [0.1, 0.15) is 33.1 Å². The number of thiazole rings is 1. The highest BCUT2D eigenvalue weighted by atomic mass is 32.1. The van der Waals surface area contributed by atoms with Gasteiger partial charge in [-0.3, -0.25) is 14.2 Å². The van der Waals surface area contributed by atoms with Gasteiger partial charge in [0.1, 0.15) is 21.1 Å². The van der Waals surface area contributed by atoms with E-state index in [0.717, 1.165) is 30.0 Å². The normalized spacial score (nSPS) is 19.6. The van der Waals surface area contributed by atoms with Crippen LogP contribution in [0.3, 0.4) is 0 Å². The number of carbonyl (C=O) groups excluding carboxylic acids is 1. The minimum absolute atomic E-state index is 0.124. The van der Waals surface area contributed by atoms with Gasteiger partial charge in [0, 0.05) is 37.2 Å². The maximum Gasteiger partial charge on any atom is 0.270 e. The lowest BCUT2D eigenvalue weighted by Gasteiger charge is -2.15. The molecular weight excluding hydrogens is 416 g/mol. The molecule has 2 heterocycles. The van der Waals surface area contributed by atoms with Crippen molar-refractivity contribution in [1.29, 1.82) is 5.26 Å². The van der Waals surface area contributed by atoms with E-state index in [1.54, 1.807) is 25.4 Å². The molecule has 1 fully saturated rings. The largest absolute Gasteiger partial charge is 0.391 e. The Bertz CT molecular complexity index is 1160. The zero-order valence-electron chi connectivity index (χ0n) is 17.5. The number of nitrogens with zero attached hydrogens (tertiary/aromatic N) is 3. The fourth-order valence-electron chi connectivity index (χ4n) is 3.48. The van der Waals surface area contributed by atoms with Gasteiger partial charge in [0.15, 0.2) is 5.57 Å². The molecule has 10 heteroatoms. The molecule has 0 aromatic carbocycles. The van der Waals surface area contributed by atoms with Crippen LogP contribution < -0.4 is 30.7 Å². The summed E-state index contributed by atoms with van der Waals surface area (Å²) in [6.45, 7) is 4.82. The quantitative estimate of drug-likeness (QED) is 0.485. The van der Waals surface area contributed by atoms with Crippen LogP contribution in [0.4, 0.5) is 11.5 Å². The van der Waals surface area contributed by atoms with Crippen molar-refractivity contribution in [2.24, 2.45) is 0 Å². The molecule has 1 aliphatic rings. The van der Waals surface area contributed by atoms with Crippen molar-refractivity contribution in [3.63, 3.8) is 0 Å². The van der Waals surface area contributed by atoms with Crippen LogP contribution in [0.5, 0.6) is 0 Å². The standard InChI is InChI=1S/C21H26N6O3S/c1-3-23-18-10-13(8-9-24-18)25-12-17-20(30)27(4-2)21(31-17)14(11-22)19(29)26-15-6-5-7-16(15)28/h8-10,12,15-16,28H,3-7H2,1-2H3,(H,26,29)(H2,23,24,25)/t15-,16-/m0/s1. The van der Waals surface area contributed by atoms with E-state index < -0.39 is 12.0 Å². The number of carbonyl (C=O) groups is 1. The molecule has 3 rings (SSSR count). The second-order valence-corrected chi connectivity index (χ2v) is 8.17. The first-order chi connectivity index (χ1) is 15.0. The summed E-state index contributed by atoms with van der Waals surface area (Å²) in [6, 6.07) is 5.16. The molecule has 0 unspecified atom stereocenters. The summed E-state index contributed by atoms with van der Waals surface area (Å²) in [6.07, 6.45) is 4.73. The molecule has 2 atom stereocenters. The summed E-state index contributed by atoms with van der Waals surface area (Å²) in [4.78, 5) is 29.8. The Morgan fingerprint density at radius 1 is 1.45 bits per heavy atom. The van der Waals surface area contributed by atoms with Crippen LogP contribution in [0.2, 0.25) is 0 Å². The van der Waals surface area contributed by atoms with E-state index in [1.165, 1.54) is 4.57 Å². The predicted octanol–water partition coefficient (Wildman–Crippen LogP) is 0.310. The summed E-state index contributed by atoms with van der Waals surface area (Å²) in [7, 11) is 0. The van der Waals surface area contributed by atoms with E-state index in [1.807, 2.05) is 19.1 Å². The molecule has 9 nitrogen and oxygen atoms in total. The van der Waals surface area contributed by atoms with Crippen LogP contribution >= 0.6 is 11.3 Å². The van der Waals surface area contributed by atoms with Gasteiger partial charge < -0.3 is 21.1 Å². The first-order valence-corrected chi connectivity index (χ1v) is 11.1. The third-order valence-corrected chi connectivity index (χ3v) is 6.19. The second kappa shape index (κ2) is 10.2. The predicted molar refractivity (Wildman–Crippen MR) is 121 cm³/mol. The molecule has 4 N–H and O–H groups in total. The number of aliphatic hydroxyl groups is 1. The Kier molecular flexibility index (Phi) is 7.44. The zero-order chi connectivity index (χ0) is 22.4. The average molecular weight is 443 g/mol. The molecule has 0 bridgehead atoms. The topological polar surface area (TPSA) is 132 Å². The van der Waals surface area contributed by atoms with E-state index >= 15 is 0 Å². The number of amides is 1. The highest BCUT2D eigenvalue weighted by molar-refractivity contribution is 7.07. The molecule has 0 spiro atoms. The fourth-order valence-corrected chi connectivity index (χ4v) is 4.57. The third-order valence-electron chi connectivity index (χ3n) is 5.06. The monoisotopic (exact) mass is 442 g/mol. The second-order valence-electron chi connectivity index (χ2n) is 7.13. The smallest absolute Gasteiger partial charge is 0.270 e. The van der Waals surface area contributed by atoms with Crippen LogP contribution in [-0.4, -0.2) is 39.3 Å². The lowest BCUT2D eigenvalue weighted by atomic mass is 10.2. The van der Waals surface area contributed by atoms with Crippen LogP contribution in [0.15, 0.2) is 23.1 Å². The fraction of sp³-hybridized carbons (Fsp3) is 0.429. The summed E-state index contributed by atoms with van der Waals surface area (Å²) < 4.78 is 2.09. The molecule has 2 aromatic heterocycles. The van der Waals surface area contributed by atoms with Crippen molar-refractivity contribution in [3.05, 3.63) is 37.9 Å². The number of hydrogen-bond acceptors (Lipinski definition) is 8. The van der Waals surface area contributed by atoms with Crippen molar-refractivity contribution in [1.82, 2.24) is 14.9 Å². The molecule has 1 amide bonds. The van der Waals surface area contributed by atoms with Crippen molar-refractivity contribution < 1.29 is 9.90 Å². The summed E-state index contributed by atoms with van der Waals surface area (Å²) >= 11 is 1.08. The van der Waals surface area contributed by atoms with Gasteiger partial charge >= 0.3 is 0 Å². The molecule has 1 saturated carbocycles. The van der Waals surface area contributed by atoms with Crippen molar-refractivity contribution in [2.45, 2.75) is 51.8 Å². The van der Waals surface area contributed by atoms with Gasteiger partial charge in [0.2, 0.25) is 0 Å². The van der Waals surface area contributed by atoms with E-state index in [-0.39, 0.29) is 17.2 Å². The number of aromatic nitrogens is 2. The van der Waals surface area contributed by atoms with Crippen LogP contribution in [0.25, 0.3) is 11.8 Å². The van der Waals surface area contributed by atoms with Gasteiger partial charge in [-0.1, -0.05) is 0 Å². The van der Waals surface area contributed by atoms with Gasteiger partial charge in [-0.2, -0.15) is 5.26 Å². The Morgan fingerprint density at radius 2 is 2.26 bits per heavy atom. The van der Waals surface area contributed by atoms with Gasteiger partial charge in [0.25, 0.3) is 11.5 Å². The Balaban J connectivity index is 1.96. The van der Waals surface area contributed by atoms with E-state index in [2.05, 4.69) is 20.9 Å². The van der Waals surface area contributed by atoms with Crippen LogP contribution in [-0.2, 0) is 11.3 Å². The number of aliphatic hydroxyl groups excluding tert-OH is 1. The number of anilines is 2. The minimum Gasteiger partial charge on any atom is -0.391 e. The number of nitrogens with one attached hydrogen (secondary N) is 3. The number of pyridine rings is 1. The van der Waals surface area contributed by atoms with Crippen molar-refractivity contribution >= 4 is 40.5 Å². The van der Waals surface area contributed by atoms with E-state index in [9.17, 15) is 20.0 Å². The molecule has 0 aliphatic heterocycles. The summed E-state index contributed by atoms with van der Waals surface area (Å²) in [5.41, 5.74) is 0.347. The first kappa shape index (κ1) is 22.5. The van der Waals surface area contributed by atoms with Crippen molar-refractivity contribution in [3.8, 4) is 6.07 Å². The SMILES string of the molecule is CCNc1cc(NC=c2sc(=C(C#N)C(=O)N[C@H]3CCC[C@@H]3O)n(CC)c2=O)ccn1. The minimum atomic E-state index is -0.610. The summed E-state index contributed by atoms with van der Waals surface area (Å²) in [5.74, 6) is 0.144. The molecule has 2 aromatic rings. The van der Waals surface area contributed by atoms with E-state index in [0.29, 0.717) is 34.4 Å². The number of nitriles is 1. The van der Waals surface area contributed by atoms with Crippen LogP contribution in [0, 0.1) is 11.3 Å². The highest BCUT2D eigenvalue weighted by Gasteiger charge is 2.28. The maximum absolute atomic E-state index is 12.8. The lowest BCUT2D eigenvalue weighted by molar-refractivity contribution is -0.116. The molecule has 1 aliphatic carbocycles. The Morgan fingerprint density at radius 3 is 2.90 bits per heavy atom. The van der Waals surface area contributed by atoms with Gasteiger partial charge in [-0.05, 0) is 39.2 Å². The highest BCUT2D eigenvalue weighted by Crippen LogP contribution is 2.19. The molecule has 0 saturated heterocycles. The Hall–Kier alpha value is -3.16. The summed E-state index contributed by atoms with van der Waals surface area (Å²) in [5, 5.41) is 28.5. The molecule has 164 valence electrons. The van der Waals surface area contributed by atoms with Gasteiger partial charge in [-0.15, -0.1) is 11.3 Å². The van der Waals surface area contributed by atoms with Crippen molar-refractivity contribution in [2.75, 3.05) is 17.2 Å². The van der Waals surface area contributed by atoms with E-state index in [4.69, 9.17) is 0 Å². The molecular formula is C21H26N6O3S.